The third kappa shape index (κ3) is 3.64. The van der Waals surface area contributed by atoms with E-state index in [9.17, 15) is 4.79 Å². The molecule has 1 aliphatic heterocycles. The standard InChI is InChI=1S/C21H26N2O2/c24-21(23-14-5-15-25-20-9-4-8-19(20)23)13-11-17-10-12-18(22-17)16-6-2-1-3-7-16/h1-3,6-7,10,12,19-20,22H,4-5,8-9,11,13-15H2/t19-,20+/m1/s1. The van der Waals surface area contributed by atoms with Crippen LogP contribution in [0.2, 0.25) is 0 Å². The fraction of sp³-hybridized carbons (Fsp3) is 0.476. The van der Waals surface area contributed by atoms with Crippen molar-refractivity contribution in [2.24, 2.45) is 0 Å². The average molecular weight is 338 g/mol. The molecule has 1 aromatic heterocycles. The maximum Gasteiger partial charge on any atom is 0.223 e. The fourth-order valence-electron chi connectivity index (χ4n) is 4.16. The van der Waals surface area contributed by atoms with Gasteiger partial charge >= 0.3 is 0 Å². The van der Waals surface area contributed by atoms with Crippen LogP contribution in [0.4, 0.5) is 0 Å². The SMILES string of the molecule is O=C(CCc1ccc(-c2ccccc2)[nH]1)N1CCCO[C@H]2CCC[C@H]21. The minimum Gasteiger partial charge on any atom is -0.376 e. The molecule has 4 heteroatoms. The molecule has 4 rings (SSSR count). The van der Waals surface area contributed by atoms with Crippen molar-refractivity contribution in [1.82, 2.24) is 9.88 Å². The first-order valence-corrected chi connectivity index (χ1v) is 9.45. The number of aromatic nitrogens is 1. The number of hydrogen-bond acceptors (Lipinski definition) is 2. The van der Waals surface area contributed by atoms with Crippen molar-refractivity contribution in [3.63, 3.8) is 0 Å². The average Bonchev–Trinajstić information content (AvgIpc) is 3.26. The molecule has 0 bridgehead atoms. The summed E-state index contributed by atoms with van der Waals surface area (Å²) in [5, 5.41) is 0. The number of fused-ring (bicyclic) bond motifs is 1. The van der Waals surface area contributed by atoms with E-state index in [1.165, 1.54) is 12.0 Å². The summed E-state index contributed by atoms with van der Waals surface area (Å²) >= 11 is 0. The highest BCUT2D eigenvalue weighted by molar-refractivity contribution is 5.77. The Bertz CT molecular complexity index is 710. The van der Waals surface area contributed by atoms with Crippen LogP contribution in [0.5, 0.6) is 0 Å². The van der Waals surface area contributed by atoms with Crippen molar-refractivity contribution in [3.8, 4) is 11.3 Å². The molecule has 2 aliphatic rings. The summed E-state index contributed by atoms with van der Waals surface area (Å²) in [7, 11) is 0. The lowest BCUT2D eigenvalue weighted by Gasteiger charge is -2.30. The van der Waals surface area contributed by atoms with Crippen molar-refractivity contribution in [3.05, 3.63) is 48.2 Å². The Balaban J connectivity index is 1.38. The number of rotatable bonds is 4. The third-order valence-corrected chi connectivity index (χ3v) is 5.45. The van der Waals surface area contributed by atoms with E-state index in [1.54, 1.807) is 0 Å². The molecule has 4 nitrogen and oxygen atoms in total. The van der Waals surface area contributed by atoms with E-state index in [2.05, 4.69) is 34.1 Å². The van der Waals surface area contributed by atoms with E-state index in [-0.39, 0.29) is 12.0 Å². The Morgan fingerprint density at radius 1 is 1.12 bits per heavy atom. The molecule has 1 saturated heterocycles. The number of nitrogens with zero attached hydrogens (tertiary/aromatic N) is 1. The van der Waals surface area contributed by atoms with Gasteiger partial charge in [-0.25, -0.2) is 0 Å². The lowest BCUT2D eigenvalue weighted by Crippen LogP contribution is -2.43. The van der Waals surface area contributed by atoms with Crippen molar-refractivity contribution >= 4 is 5.91 Å². The number of nitrogens with one attached hydrogen (secondary N) is 1. The number of benzene rings is 1. The highest BCUT2D eigenvalue weighted by Crippen LogP contribution is 2.29. The van der Waals surface area contributed by atoms with Gasteiger partial charge in [0.15, 0.2) is 0 Å². The van der Waals surface area contributed by atoms with Crippen LogP contribution in [0.3, 0.4) is 0 Å². The zero-order chi connectivity index (χ0) is 17.1. The summed E-state index contributed by atoms with van der Waals surface area (Å²) in [6.07, 6.45) is 5.93. The molecule has 2 heterocycles. The Morgan fingerprint density at radius 3 is 2.88 bits per heavy atom. The first-order valence-electron chi connectivity index (χ1n) is 9.45. The fourth-order valence-corrected chi connectivity index (χ4v) is 4.16. The van der Waals surface area contributed by atoms with Gasteiger partial charge in [0.1, 0.15) is 0 Å². The molecule has 1 aromatic carbocycles. The normalized spacial score (nSPS) is 23.3. The number of ether oxygens (including phenoxy) is 1. The number of amides is 1. The highest BCUT2D eigenvalue weighted by Gasteiger charge is 2.36. The smallest absolute Gasteiger partial charge is 0.223 e. The minimum absolute atomic E-state index is 0.265. The zero-order valence-electron chi connectivity index (χ0n) is 14.6. The second-order valence-corrected chi connectivity index (χ2v) is 7.11. The molecule has 0 radical (unpaired) electrons. The van der Waals surface area contributed by atoms with E-state index >= 15 is 0 Å². The van der Waals surface area contributed by atoms with Gasteiger partial charge in [-0.15, -0.1) is 0 Å². The van der Waals surface area contributed by atoms with Gasteiger partial charge in [-0.2, -0.15) is 0 Å². The van der Waals surface area contributed by atoms with Crippen LogP contribution in [0.25, 0.3) is 11.3 Å². The molecule has 1 aliphatic carbocycles. The van der Waals surface area contributed by atoms with Gasteiger partial charge in [-0.1, -0.05) is 30.3 Å². The largest absolute Gasteiger partial charge is 0.376 e. The minimum atomic E-state index is 0.265. The van der Waals surface area contributed by atoms with Crippen LogP contribution < -0.4 is 0 Å². The molecule has 1 amide bonds. The van der Waals surface area contributed by atoms with Gasteiger partial charge in [-0.3, -0.25) is 4.79 Å². The molecule has 2 atom stereocenters. The van der Waals surface area contributed by atoms with Crippen LogP contribution in [0.15, 0.2) is 42.5 Å². The van der Waals surface area contributed by atoms with E-state index in [0.29, 0.717) is 12.5 Å². The Labute approximate surface area is 149 Å². The number of carbonyl (C=O) groups excluding carboxylic acids is 1. The summed E-state index contributed by atoms with van der Waals surface area (Å²) in [5.74, 6) is 0.276. The zero-order valence-corrected chi connectivity index (χ0v) is 14.6. The Morgan fingerprint density at radius 2 is 2.00 bits per heavy atom. The van der Waals surface area contributed by atoms with Gasteiger partial charge in [0, 0.05) is 31.0 Å². The molecule has 0 spiro atoms. The summed E-state index contributed by atoms with van der Waals surface area (Å²) in [6, 6.07) is 14.8. The molecule has 2 fully saturated rings. The first kappa shape index (κ1) is 16.4. The Kier molecular flexibility index (Phi) is 4.88. The van der Waals surface area contributed by atoms with E-state index in [0.717, 1.165) is 50.2 Å². The van der Waals surface area contributed by atoms with E-state index in [1.807, 2.05) is 18.2 Å². The lowest BCUT2D eigenvalue weighted by molar-refractivity contribution is -0.134. The van der Waals surface area contributed by atoms with Crippen LogP contribution in [-0.2, 0) is 16.0 Å². The maximum absolute atomic E-state index is 12.8. The number of aromatic amines is 1. The first-order chi connectivity index (χ1) is 12.3. The van der Waals surface area contributed by atoms with Crippen LogP contribution in [0, 0.1) is 0 Å². The summed E-state index contributed by atoms with van der Waals surface area (Å²) in [4.78, 5) is 18.4. The van der Waals surface area contributed by atoms with E-state index in [4.69, 9.17) is 4.74 Å². The quantitative estimate of drug-likeness (QED) is 0.922. The molecular formula is C21H26N2O2. The van der Waals surface area contributed by atoms with Crippen molar-refractivity contribution in [2.45, 2.75) is 50.7 Å². The molecule has 132 valence electrons. The van der Waals surface area contributed by atoms with E-state index < -0.39 is 0 Å². The van der Waals surface area contributed by atoms with Crippen molar-refractivity contribution in [1.29, 1.82) is 0 Å². The predicted octanol–water partition coefficient (Wildman–Crippen LogP) is 3.78. The summed E-state index contributed by atoms with van der Waals surface area (Å²) in [6.45, 7) is 1.64. The molecule has 1 N–H and O–H groups in total. The van der Waals surface area contributed by atoms with Gasteiger partial charge in [0.2, 0.25) is 5.91 Å². The lowest BCUT2D eigenvalue weighted by atomic mass is 10.1. The Hall–Kier alpha value is -2.07. The summed E-state index contributed by atoms with van der Waals surface area (Å²) in [5.41, 5.74) is 3.42. The second kappa shape index (κ2) is 7.44. The maximum atomic E-state index is 12.8. The number of H-pyrrole nitrogens is 1. The van der Waals surface area contributed by atoms with Gasteiger partial charge in [0.05, 0.1) is 12.1 Å². The highest BCUT2D eigenvalue weighted by atomic mass is 16.5. The van der Waals surface area contributed by atoms with Crippen molar-refractivity contribution in [2.75, 3.05) is 13.2 Å². The number of aryl methyl sites for hydroxylation is 1. The van der Waals surface area contributed by atoms with Crippen LogP contribution in [0.1, 0.15) is 37.8 Å². The van der Waals surface area contributed by atoms with Gasteiger partial charge < -0.3 is 14.6 Å². The van der Waals surface area contributed by atoms with Gasteiger partial charge in [0.25, 0.3) is 0 Å². The molecule has 1 saturated carbocycles. The van der Waals surface area contributed by atoms with Gasteiger partial charge in [-0.05, 0) is 49.8 Å². The molecule has 25 heavy (non-hydrogen) atoms. The topological polar surface area (TPSA) is 45.3 Å². The molecular weight excluding hydrogens is 312 g/mol. The number of hydrogen-bond donors (Lipinski definition) is 1. The van der Waals surface area contributed by atoms with Crippen LogP contribution in [-0.4, -0.2) is 41.1 Å². The monoisotopic (exact) mass is 338 g/mol. The molecule has 0 unspecified atom stereocenters. The predicted molar refractivity (Wildman–Crippen MR) is 98.3 cm³/mol. The number of carbonyl (C=O) groups is 1. The second-order valence-electron chi connectivity index (χ2n) is 7.11. The van der Waals surface area contributed by atoms with Crippen molar-refractivity contribution < 1.29 is 9.53 Å². The van der Waals surface area contributed by atoms with Crippen LogP contribution >= 0.6 is 0 Å². The summed E-state index contributed by atoms with van der Waals surface area (Å²) < 4.78 is 5.92. The molecule has 2 aromatic rings. The third-order valence-electron chi connectivity index (χ3n) is 5.45.